The second kappa shape index (κ2) is 11.9. The number of nitrogens with zero attached hydrogens (tertiary/aromatic N) is 1. The summed E-state index contributed by atoms with van der Waals surface area (Å²) in [6.07, 6.45) is 3.90. The van der Waals surface area contributed by atoms with Crippen LogP contribution < -0.4 is 0 Å². The van der Waals surface area contributed by atoms with Crippen LogP contribution in [-0.2, 0) is 14.1 Å². The Morgan fingerprint density at radius 3 is 2.16 bits per heavy atom. The Morgan fingerprint density at radius 2 is 1.66 bits per heavy atom. The molecule has 6 nitrogen and oxygen atoms in total. The fourth-order valence-electron chi connectivity index (χ4n) is 4.01. The molecule has 1 aromatic heterocycles. The van der Waals surface area contributed by atoms with Gasteiger partial charge in [-0.1, -0.05) is 32.4 Å². The Labute approximate surface area is 215 Å². The van der Waals surface area contributed by atoms with Gasteiger partial charge in [-0.15, -0.1) is 0 Å². The first-order valence-electron chi connectivity index (χ1n) is 11.1. The normalized spacial score (nSPS) is 13.6. The first-order chi connectivity index (χ1) is 17.9. The molecule has 0 fully saturated rings. The molecule has 3 atom stereocenters. The lowest BCUT2D eigenvalue weighted by atomic mass is 9.88. The van der Waals surface area contributed by atoms with Gasteiger partial charge in [0, 0.05) is 11.8 Å². The summed E-state index contributed by atoms with van der Waals surface area (Å²) < 4.78 is 88.1. The third-order valence-electron chi connectivity index (χ3n) is 5.67. The smallest absolute Gasteiger partial charge is 0.322 e. The minimum atomic E-state index is -3.72. The number of pyridine rings is 1. The quantitative estimate of drug-likeness (QED) is 0.124. The Kier molecular flexibility index (Phi) is 9.05. The number of carbonyl (C=O) groups excluding carboxylic acids is 1. The zero-order valence-electron chi connectivity index (χ0n) is 19.9. The molecule has 0 saturated carbocycles. The number of aliphatic hydroxyl groups excluding tert-OH is 1. The van der Waals surface area contributed by atoms with Crippen LogP contribution in [0.25, 0.3) is 22.4 Å². The second-order valence-corrected chi connectivity index (χ2v) is 9.84. The molecule has 38 heavy (non-hydrogen) atoms. The number of hydrogen-bond donors (Lipinski definition) is 2. The number of aliphatic hydroxyl groups is 1. The molecule has 0 bridgehead atoms. The first-order valence-corrected chi connectivity index (χ1v) is 12.5. The molecule has 0 amide bonds. The van der Waals surface area contributed by atoms with Crippen LogP contribution in [0.1, 0.15) is 43.1 Å². The monoisotopic (exact) mass is 553 g/mol. The molecule has 0 spiro atoms. The zero-order chi connectivity index (χ0) is 28.3. The predicted molar refractivity (Wildman–Crippen MR) is 128 cm³/mol. The maximum absolute atomic E-state index is 14.7. The number of ether oxygens (including phenoxy) is 1. The van der Waals surface area contributed by atoms with Crippen LogP contribution in [0, 0.1) is 41.6 Å². The van der Waals surface area contributed by atoms with Crippen LogP contribution in [0.15, 0.2) is 36.4 Å². The molecule has 3 rings (SSSR count). The van der Waals surface area contributed by atoms with E-state index in [-0.39, 0.29) is 28.5 Å². The van der Waals surface area contributed by atoms with Gasteiger partial charge in [-0.25, -0.2) is 22.0 Å². The molecule has 12 heteroatoms. The van der Waals surface area contributed by atoms with Crippen molar-refractivity contribution in [2.45, 2.75) is 37.9 Å². The second-order valence-electron chi connectivity index (χ2n) is 8.54. The number of esters is 1. The van der Waals surface area contributed by atoms with E-state index in [0.717, 1.165) is 18.2 Å². The number of hydrogen-bond acceptors (Lipinski definition) is 5. The molecule has 200 valence electrons. The average Bonchev–Trinajstić information content (AvgIpc) is 2.83. The van der Waals surface area contributed by atoms with E-state index in [0.29, 0.717) is 0 Å². The summed E-state index contributed by atoms with van der Waals surface area (Å²) in [6.45, 7) is 3.13. The van der Waals surface area contributed by atoms with Crippen molar-refractivity contribution in [1.82, 2.24) is 4.98 Å². The van der Waals surface area contributed by atoms with Crippen molar-refractivity contribution >= 4 is 14.0 Å². The fraction of sp³-hybridized carbons (Fsp3) is 0.231. The van der Waals surface area contributed by atoms with Crippen LogP contribution in [0.2, 0.25) is 0 Å². The van der Waals surface area contributed by atoms with Gasteiger partial charge in [-0.3, -0.25) is 14.3 Å². The van der Waals surface area contributed by atoms with E-state index in [4.69, 9.17) is 6.42 Å². The SMILES string of the molecule is C#COC(=O)CC(O)C(c1c(-c2ccc(F)cc2)cc(-c2c(F)c(F)cc(F)c2F)nc1C(C)C)[PH](=O)O. The summed E-state index contributed by atoms with van der Waals surface area (Å²) in [5.41, 5.74) is -3.45. The van der Waals surface area contributed by atoms with Crippen molar-refractivity contribution in [2.75, 3.05) is 0 Å². The van der Waals surface area contributed by atoms with Crippen LogP contribution in [-0.4, -0.2) is 27.1 Å². The summed E-state index contributed by atoms with van der Waals surface area (Å²) in [4.78, 5) is 26.3. The fourth-order valence-corrected chi connectivity index (χ4v) is 5.01. The van der Waals surface area contributed by atoms with Crippen molar-refractivity contribution in [3.8, 4) is 34.9 Å². The Morgan fingerprint density at radius 1 is 1.08 bits per heavy atom. The number of halogens is 5. The Hall–Kier alpha value is -3.58. The molecule has 0 aliphatic carbocycles. The number of rotatable bonds is 8. The van der Waals surface area contributed by atoms with E-state index < -0.39 is 78.4 Å². The molecule has 0 aliphatic rings. The van der Waals surface area contributed by atoms with Gasteiger partial charge in [0.1, 0.15) is 11.9 Å². The molecule has 0 radical (unpaired) electrons. The van der Waals surface area contributed by atoms with E-state index in [1.165, 1.54) is 12.1 Å². The maximum Gasteiger partial charge on any atom is 0.322 e. The summed E-state index contributed by atoms with van der Waals surface area (Å²) in [5.74, 6) is -9.20. The highest BCUT2D eigenvalue weighted by atomic mass is 31.1. The number of aromatic nitrogens is 1. The van der Waals surface area contributed by atoms with Crippen LogP contribution in [0.4, 0.5) is 22.0 Å². The van der Waals surface area contributed by atoms with Gasteiger partial charge in [0.05, 0.1) is 29.4 Å². The minimum absolute atomic E-state index is 0.0341. The van der Waals surface area contributed by atoms with Crippen molar-refractivity contribution in [3.63, 3.8) is 0 Å². The van der Waals surface area contributed by atoms with Crippen molar-refractivity contribution in [2.24, 2.45) is 0 Å². The highest BCUT2D eigenvalue weighted by Crippen LogP contribution is 2.49. The number of terminal acetylenes is 1. The Balaban J connectivity index is 2.42. The lowest BCUT2D eigenvalue weighted by Gasteiger charge is -2.27. The van der Waals surface area contributed by atoms with Gasteiger partial charge in [0.2, 0.25) is 0 Å². The van der Waals surface area contributed by atoms with Gasteiger partial charge in [0.15, 0.2) is 31.3 Å². The van der Waals surface area contributed by atoms with Gasteiger partial charge in [-0.2, -0.15) is 0 Å². The molecule has 2 N–H and O–H groups in total. The number of benzene rings is 2. The van der Waals surface area contributed by atoms with E-state index in [1.54, 1.807) is 20.0 Å². The van der Waals surface area contributed by atoms with Gasteiger partial charge >= 0.3 is 5.97 Å². The van der Waals surface area contributed by atoms with Crippen molar-refractivity contribution < 1.29 is 46.0 Å². The molecular weight excluding hydrogens is 532 g/mol. The average molecular weight is 553 g/mol. The Bertz CT molecular complexity index is 1410. The summed E-state index contributed by atoms with van der Waals surface area (Å²) in [7, 11) is -3.72. The van der Waals surface area contributed by atoms with E-state index in [9.17, 15) is 41.3 Å². The summed E-state index contributed by atoms with van der Waals surface area (Å²) in [5, 5.41) is 10.8. The van der Waals surface area contributed by atoms with Crippen LogP contribution >= 0.6 is 8.03 Å². The summed E-state index contributed by atoms with van der Waals surface area (Å²) >= 11 is 0. The van der Waals surface area contributed by atoms with Gasteiger partial charge in [0.25, 0.3) is 0 Å². The third-order valence-corrected chi connectivity index (χ3v) is 6.87. The molecule has 2 aromatic carbocycles. The lowest BCUT2D eigenvalue weighted by Crippen LogP contribution is -2.23. The highest BCUT2D eigenvalue weighted by molar-refractivity contribution is 7.38. The maximum atomic E-state index is 14.7. The highest BCUT2D eigenvalue weighted by Gasteiger charge is 2.35. The molecule has 1 heterocycles. The molecule has 0 saturated heterocycles. The number of carbonyl (C=O) groups is 1. The van der Waals surface area contributed by atoms with E-state index >= 15 is 0 Å². The van der Waals surface area contributed by atoms with Crippen LogP contribution in [0.3, 0.4) is 0 Å². The zero-order valence-corrected chi connectivity index (χ0v) is 20.9. The predicted octanol–water partition coefficient (Wildman–Crippen LogP) is 5.63. The minimum Gasteiger partial charge on any atom is -0.391 e. The standard InChI is InChI=1S/C26H21F5NO5P/c1-4-37-20(34)11-19(33)26(38(35)36)21-15(13-5-7-14(27)8-6-13)9-18(32-25(21)12(2)3)22-23(30)16(28)10-17(29)24(22)31/h1,5-10,12,19,26,33,38H,11H2,2-3H3,(H,35,36). The van der Waals surface area contributed by atoms with E-state index in [1.807, 2.05) is 0 Å². The molecular formula is C26H21F5NO5P. The third kappa shape index (κ3) is 5.94. The molecule has 3 aromatic rings. The molecule has 3 unspecified atom stereocenters. The van der Waals surface area contributed by atoms with Crippen LogP contribution in [0.5, 0.6) is 0 Å². The van der Waals surface area contributed by atoms with Gasteiger partial charge in [-0.05, 0) is 40.8 Å². The topological polar surface area (TPSA) is 96.7 Å². The first kappa shape index (κ1) is 29.0. The van der Waals surface area contributed by atoms with Gasteiger partial charge < -0.3 is 14.7 Å². The summed E-state index contributed by atoms with van der Waals surface area (Å²) in [6, 6.07) is 5.59. The van der Waals surface area contributed by atoms with Crippen molar-refractivity contribution in [3.05, 3.63) is 76.7 Å². The van der Waals surface area contributed by atoms with Crippen molar-refractivity contribution in [1.29, 1.82) is 0 Å². The van der Waals surface area contributed by atoms with E-state index in [2.05, 4.69) is 9.72 Å². The molecule has 0 aliphatic heterocycles. The largest absolute Gasteiger partial charge is 0.391 e. The lowest BCUT2D eigenvalue weighted by molar-refractivity contribution is -0.139.